The van der Waals surface area contributed by atoms with Gasteiger partial charge in [-0.05, 0) is 0 Å². The molecule has 25 heavy (non-hydrogen) atoms. The predicted octanol–water partition coefficient (Wildman–Crippen LogP) is 2.24. The lowest BCUT2D eigenvalue weighted by Gasteiger charge is -2.36. The van der Waals surface area contributed by atoms with E-state index >= 15 is 0 Å². The second-order valence-corrected chi connectivity index (χ2v) is 5.25. The minimum Gasteiger partial charge on any atom is -0.493 e. The Kier molecular flexibility index (Phi) is 4.92. The first-order valence-corrected chi connectivity index (χ1v) is 6.98. The van der Waals surface area contributed by atoms with Crippen LogP contribution in [0.1, 0.15) is 12.0 Å². The largest absolute Gasteiger partial charge is 0.493 e. The molecule has 1 aliphatic rings. The van der Waals surface area contributed by atoms with Crippen molar-refractivity contribution in [3.8, 4) is 17.6 Å². The number of hydrogen-bond donors (Lipinski definition) is 1. The lowest BCUT2D eigenvalue weighted by molar-refractivity contribution is -0.385. The highest BCUT2D eigenvalue weighted by atomic mass is 19.3. The van der Waals surface area contributed by atoms with Crippen LogP contribution in [-0.4, -0.2) is 53.2 Å². The lowest BCUT2D eigenvalue weighted by Crippen LogP contribution is -2.55. The van der Waals surface area contributed by atoms with Gasteiger partial charge in [0, 0.05) is 19.0 Å². The first kappa shape index (κ1) is 18.2. The molecule has 11 heteroatoms. The van der Waals surface area contributed by atoms with Gasteiger partial charge in [-0.1, -0.05) is 0 Å². The number of nitro benzene ring substituents is 1. The van der Waals surface area contributed by atoms with Crippen molar-refractivity contribution in [3.63, 3.8) is 0 Å². The summed E-state index contributed by atoms with van der Waals surface area (Å²) >= 11 is 0. The number of nitro groups is 1. The van der Waals surface area contributed by atoms with Gasteiger partial charge < -0.3 is 19.5 Å². The normalized spacial score (nSPS) is 19.0. The molecule has 1 N–H and O–H groups in total. The van der Waals surface area contributed by atoms with Gasteiger partial charge in [0.2, 0.25) is 0 Å². The molecule has 1 heterocycles. The molecule has 1 atom stereocenters. The van der Waals surface area contributed by atoms with Crippen LogP contribution >= 0.6 is 0 Å². The number of likely N-dealkylation sites (tertiary alicyclic amines) is 1. The van der Waals surface area contributed by atoms with Crippen LogP contribution in [0.4, 0.5) is 19.3 Å². The molecular weight excluding hydrogens is 344 g/mol. The fraction of sp³-hybridized carbons (Fsp3) is 0.429. The summed E-state index contributed by atoms with van der Waals surface area (Å²) in [6.07, 6.45) is -3.41. The molecule has 9 nitrogen and oxygen atoms in total. The van der Waals surface area contributed by atoms with Gasteiger partial charge in [-0.15, -0.1) is 0 Å². The molecule has 0 radical (unpaired) electrons. The van der Waals surface area contributed by atoms with E-state index in [0.717, 1.165) is 12.1 Å². The first-order chi connectivity index (χ1) is 11.7. The van der Waals surface area contributed by atoms with Crippen molar-refractivity contribution >= 4 is 11.8 Å². The summed E-state index contributed by atoms with van der Waals surface area (Å²) in [4.78, 5) is 21.5. The van der Waals surface area contributed by atoms with Crippen molar-refractivity contribution in [1.82, 2.24) is 4.90 Å². The van der Waals surface area contributed by atoms with Crippen LogP contribution in [0.2, 0.25) is 0 Å². The summed E-state index contributed by atoms with van der Waals surface area (Å²) in [5.41, 5.74) is -0.911. The standard InChI is InChI=1S/C14H13F2N3O6/c1-24-10-5-9(19(22)23)8(6-17)4-11(10)25-12-2-3-18(13(20)21)7-14(12,15)16/h4-5,12H,2-3,7H2,1H3,(H,20,21)/t12-/m1/s1. The second-order valence-electron chi connectivity index (χ2n) is 5.25. The van der Waals surface area contributed by atoms with Crippen LogP contribution in [0, 0.1) is 21.4 Å². The third kappa shape index (κ3) is 3.68. The highest BCUT2D eigenvalue weighted by molar-refractivity contribution is 5.65. The molecule has 1 aromatic rings. The Morgan fingerprint density at radius 1 is 1.52 bits per heavy atom. The minimum absolute atomic E-state index is 0.157. The molecule has 1 amide bonds. The fourth-order valence-electron chi connectivity index (χ4n) is 2.42. The molecular formula is C14H13F2N3O6. The SMILES string of the molecule is COc1cc([N+](=O)[O-])c(C#N)cc1O[C@@H]1CCN(C(=O)O)CC1(F)F. The molecule has 0 spiro atoms. The summed E-state index contributed by atoms with van der Waals surface area (Å²) < 4.78 is 38.4. The monoisotopic (exact) mass is 357 g/mol. The zero-order valence-corrected chi connectivity index (χ0v) is 12.9. The Balaban J connectivity index is 2.32. The average molecular weight is 357 g/mol. The van der Waals surface area contributed by atoms with E-state index in [4.69, 9.17) is 19.8 Å². The van der Waals surface area contributed by atoms with E-state index in [2.05, 4.69) is 0 Å². The number of methoxy groups -OCH3 is 1. The Hall–Kier alpha value is -3.16. The van der Waals surface area contributed by atoms with Crippen LogP contribution < -0.4 is 9.47 Å². The predicted molar refractivity (Wildman–Crippen MR) is 77.9 cm³/mol. The van der Waals surface area contributed by atoms with Crippen molar-refractivity contribution in [2.24, 2.45) is 0 Å². The molecule has 1 fully saturated rings. The van der Waals surface area contributed by atoms with Gasteiger partial charge in [-0.3, -0.25) is 10.1 Å². The molecule has 1 saturated heterocycles. The van der Waals surface area contributed by atoms with E-state index in [0.29, 0.717) is 4.90 Å². The molecule has 1 aromatic carbocycles. The molecule has 0 aromatic heterocycles. The maximum Gasteiger partial charge on any atom is 0.407 e. The third-order valence-electron chi connectivity index (χ3n) is 3.67. The van der Waals surface area contributed by atoms with Crippen LogP contribution in [0.25, 0.3) is 0 Å². The molecule has 0 saturated carbocycles. The summed E-state index contributed by atoms with van der Waals surface area (Å²) in [5, 5.41) is 28.7. The number of piperidine rings is 1. The number of amides is 1. The Labute approximate surface area is 140 Å². The Bertz CT molecular complexity index is 749. The second kappa shape index (κ2) is 6.76. The van der Waals surface area contributed by atoms with E-state index < -0.39 is 35.3 Å². The summed E-state index contributed by atoms with van der Waals surface area (Å²) in [7, 11) is 1.17. The number of nitrogens with zero attached hydrogens (tertiary/aromatic N) is 3. The van der Waals surface area contributed by atoms with Gasteiger partial charge in [-0.2, -0.15) is 5.26 Å². The van der Waals surface area contributed by atoms with Crippen molar-refractivity contribution < 1.29 is 33.1 Å². The number of ether oxygens (including phenoxy) is 2. The van der Waals surface area contributed by atoms with Gasteiger partial charge in [0.15, 0.2) is 17.6 Å². The van der Waals surface area contributed by atoms with Gasteiger partial charge in [-0.25, -0.2) is 13.6 Å². The minimum atomic E-state index is -3.48. The molecule has 134 valence electrons. The number of hydrogen-bond acceptors (Lipinski definition) is 6. The molecule has 0 unspecified atom stereocenters. The highest BCUT2D eigenvalue weighted by Crippen LogP contribution is 2.38. The Morgan fingerprint density at radius 2 is 2.20 bits per heavy atom. The lowest BCUT2D eigenvalue weighted by atomic mass is 10.0. The molecule has 0 aliphatic carbocycles. The summed E-state index contributed by atoms with van der Waals surface area (Å²) in [5.74, 6) is -3.91. The van der Waals surface area contributed by atoms with E-state index in [1.807, 2.05) is 0 Å². The van der Waals surface area contributed by atoms with Crippen LogP contribution in [0.5, 0.6) is 11.5 Å². The number of rotatable bonds is 4. The van der Waals surface area contributed by atoms with Gasteiger partial charge in [0.1, 0.15) is 11.6 Å². The molecule has 1 aliphatic heterocycles. The third-order valence-corrected chi connectivity index (χ3v) is 3.67. The number of carbonyl (C=O) groups is 1. The average Bonchev–Trinajstić information content (AvgIpc) is 2.55. The van der Waals surface area contributed by atoms with Crippen molar-refractivity contribution in [3.05, 3.63) is 27.8 Å². The van der Waals surface area contributed by atoms with E-state index in [-0.39, 0.29) is 30.0 Å². The van der Waals surface area contributed by atoms with E-state index in [1.165, 1.54) is 7.11 Å². The maximum atomic E-state index is 14.1. The smallest absolute Gasteiger partial charge is 0.407 e. The number of halogens is 2. The van der Waals surface area contributed by atoms with Crippen molar-refractivity contribution in [2.75, 3.05) is 20.2 Å². The van der Waals surface area contributed by atoms with Crippen LogP contribution in [0.3, 0.4) is 0 Å². The first-order valence-electron chi connectivity index (χ1n) is 6.98. The number of nitriles is 1. The summed E-state index contributed by atoms with van der Waals surface area (Å²) in [6.45, 7) is -1.19. The Morgan fingerprint density at radius 3 is 2.68 bits per heavy atom. The van der Waals surface area contributed by atoms with E-state index in [9.17, 15) is 23.7 Å². The van der Waals surface area contributed by atoms with Crippen LogP contribution in [-0.2, 0) is 0 Å². The molecule has 0 bridgehead atoms. The highest BCUT2D eigenvalue weighted by Gasteiger charge is 2.48. The van der Waals surface area contributed by atoms with Gasteiger partial charge in [0.05, 0.1) is 24.6 Å². The summed E-state index contributed by atoms with van der Waals surface area (Å²) in [6, 6.07) is 3.47. The maximum absolute atomic E-state index is 14.1. The zero-order valence-electron chi connectivity index (χ0n) is 12.9. The zero-order chi connectivity index (χ0) is 18.8. The number of benzene rings is 1. The van der Waals surface area contributed by atoms with Crippen molar-refractivity contribution in [1.29, 1.82) is 5.26 Å². The number of alkyl halides is 2. The molecule has 2 rings (SSSR count). The van der Waals surface area contributed by atoms with Crippen molar-refractivity contribution in [2.45, 2.75) is 18.4 Å². The fourth-order valence-corrected chi connectivity index (χ4v) is 2.42. The topological polar surface area (TPSA) is 126 Å². The van der Waals surface area contributed by atoms with Gasteiger partial charge >= 0.3 is 12.0 Å². The van der Waals surface area contributed by atoms with Gasteiger partial charge in [0.25, 0.3) is 5.69 Å². The number of carboxylic acid groups (broad SMARTS) is 1. The van der Waals surface area contributed by atoms with Crippen LogP contribution in [0.15, 0.2) is 12.1 Å². The van der Waals surface area contributed by atoms with E-state index in [1.54, 1.807) is 6.07 Å². The quantitative estimate of drug-likeness (QED) is 0.647.